The zero-order valence-electron chi connectivity index (χ0n) is 17.8. The number of anilines is 1. The maximum atomic E-state index is 5.46. The first kappa shape index (κ1) is 23.6. The van der Waals surface area contributed by atoms with Crippen LogP contribution in [0.2, 0.25) is 0 Å². The van der Waals surface area contributed by atoms with E-state index in [1.165, 1.54) is 0 Å². The Bertz CT molecular complexity index is 988. The summed E-state index contributed by atoms with van der Waals surface area (Å²) in [5, 5.41) is 15.1. The number of nitrogens with one attached hydrogen (secondary N) is 3. The van der Waals surface area contributed by atoms with Crippen molar-refractivity contribution in [3.8, 4) is 5.75 Å². The fourth-order valence-electron chi connectivity index (χ4n) is 2.95. The molecule has 3 rings (SSSR count). The number of hydrogen-bond donors (Lipinski definition) is 3. The maximum Gasteiger partial charge on any atom is 0.191 e. The van der Waals surface area contributed by atoms with Gasteiger partial charge in [0.05, 0.1) is 25.2 Å². The van der Waals surface area contributed by atoms with Crippen LogP contribution in [0, 0.1) is 6.92 Å². The third kappa shape index (κ3) is 5.94. The SMILES string of the molecule is CCNC(=NCc1ccc(C)cc1OC)NCCNc1ncnc2c1cnn2C.I. The number of aryl methyl sites for hydroxylation is 2. The van der Waals surface area contributed by atoms with Crippen molar-refractivity contribution in [1.82, 2.24) is 30.4 Å². The lowest BCUT2D eigenvalue weighted by molar-refractivity contribution is 0.409. The standard InChI is InChI=1S/C20H28N8O.HI/c1-5-21-20(24-11-15-7-6-14(2)10-17(15)29-4)23-9-8-22-18-16-12-27-28(3)19(16)26-13-25-18;/h6-7,10,12-13H,5,8-9,11H2,1-4H3,(H2,21,23,24)(H,22,25,26);1H. The summed E-state index contributed by atoms with van der Waals surface area (Å²) in [6.45, 7) is 6.77. The van der Waals surface area contributed by atoms with Crippen molar-refractivity contribution in [3.63, 3.8) is 0 Å². The molecule has 0 amide bonds. The molecule has 10 heteroatoms. The summed E-state index contributed by atoms with van der Waals surface area (Å²) in [4.78, 5) is 13.2. The van der Waals surface area contributed by atoms with E-state index in [-0.39, 0.29) is 24.0 Å². The van der Waals surface area contributed by atoms with Crippen LogP contribution in [0.1, 0.15) is 18.1 Å². The topological polar surface area (TPSA) is 101 Å². The van der Waals surface area contributed by atoms with Gasteiger partial charge in [0.1, 0.15) is 17.9 Å². The van der Waals surface area contributed by atoms with Gasteiger partial charge >= 0.3 is 0 Å². The van der Waals surface area contributed by atoms with Crippen molar-refractivity contribution < 1.29 is 4.74 Å². The molecule has 3 aromatic rings. The Kier molecular flexibility index (Phi) is 9.09. The summed E-state index contributed by atoms with van der Waals surface area (Å²) in [6, 6.07) is 6.14. The van der Waals surface area contributed by atoms with Crippen LogP contribution in [0.15, 0.2) is 35.7 Å². The van der Waals surface area contributed by atoms with Crippen molar-refractivity contribution >= 4 is 46.8 Å². The lowest BCUT2D eigenvalue weighted by atomic mass is 10.1. The number of fused-ring (bicyclic) bond motifs is 1. The molecule has 0 fully saturated rings. The quantitative estimate of drug-likeness (QED) is 0.180. The number of rotatable bonds is 8. The lowest BCUT2D eigenvalue weighted by Crippen LogP contribution is -2.39. The van der Waals surface area contributed by atoms with E-state index in [0.29, 0.717) is 19.6 Å². The highest BCUT2D eigenvalue weighted by molar-refractivity contribution is 14.0. The molecular formula is C20H29IN8O. The van der Waals surface area contributed by atoms with E-state index in [4.69, 9.17) is 4.74 Å². The fraction of sp³-hybridized carbons (Fsp3) is 0.400. The summed E-state index contributed by atoms with van der Waals surface area (Å²) in [5.74, 6) is 2.39. The van der Waals surface area contributed by atoms with Crippen molar-refractivity contribution in [2.45, 2.75) is 20.4 Å². The molecule has 0 spiro atoms. The molecule has 0 saturated heterocycles. The molecule has 0 aliphatic rings. The smallest absolute Gasteiger partial charge is 0.191 e. The van der Waals surface area contributed by atoms with Crippen LogP contribution < -0.4 is 20.7 Å². The number of aliphatic imine (C=N–C) groups is 1. The first-order valence-electron chi connectivity index (χ1n) is 9.64. The molecule has 1 aromatic carbocycles. The van der Waals surface area contributed by atoms with E-state index in [1.54, 1.807) is 24.3 Å². The highest BCUT2D eigenvalue weighted by atomic mass is 127. The van der Waals surface area contributed by atoms with Gasteiger partial charge in [-0.05, 0) is 25.5 Å². The minimum atomic E-state index is 0. The summed E-state index contributed by atoms with van der Waals surface area (Å²) in [5.41, 5.74) is 3.02. The summed E-state index contributed by atoms with van der Waals surface area (Å²) in [7, 11) is 3.55. The summed E-state index contributed by atoms with van der Waals surface area (Å²) >= 11 is 0. The molecule has 3 N–H and O–H groups in total. The monoisotopic (exact) mass is 524 g/mol. The van der Waals surface area contributed by atoms with Gasteiger partial charge in [-0.25, -0.2) is 15.0 Å². The Morgan fingerprint density at radius 2 is 2.03 bits per heavy atom. The van der Waals surface area contributed by atoms with Crippen molar-refractivity contribution in [2.75, 3.05) is 32.1 Å². The maximum absolute atomic E-state index is 5.46. The van der Waals surface area contributed by atoms with Gasteiger partial charge in [-0.1, -0.05) is 12.1 Å². The number of benzene rings is 1. The van der Waals surface area contributed by atoms with Crippen molar-refractivity contribution in [3.05, 3.63) is 41.9 Å². The van der Waals surface area contributed by atoms with Gasteiger partial charge in [0, 0.05) is 32.2 Å². The molecule has 0 aliphatic heterocycles. The molecule has 2 heterocycles. The minimum Gasteiger partial charge on any atom is -0.496 e. The lowest BCUT2D eigenvalue weighted by Gasteiger charge is -2.13. The molecule has 0 saturated carbocycles. The highest BCUT2D eigenvalue weighted by Crippen LogP contribution is 2.20. The number of methoxy groups -OCH3 is 1. The number of hydrogen-bond acceptors (Lipinski definition) is 6. The number of ether oxygens (including phenoxy) is 1. The van der Waals surface area contributed by atoms with Crippen LogP contribution in [0.25, 0.3) is 11.0 Å². The van der Waals surface area contributed by atoms with E-state index in [9.17, 15) is 0 Å². The predicted molar refractivity (Wildman–Crippen MR) is 131 cm³/mol. The Morgan fingerprint density at radius 3 is 2.80 bits per heavy atom. The number of guanidine groups is 1. The van der Waals surface area contributed by atoms with Gasteiger partial charge in [0.2, 0.25) is 0 Å². The van der Waals surface area contributed by atoms with Crippen LogP contribution >= 0.6 is 24.0 Å². The molecular weight excluding hydrogens is 495 g/mol. The van der Waals surface area contributed by atoms with E-state index in [2.05, 4.69) is 48.1 Å². The van der Waals surface area contributed by atoms with Gasteiger partial charge < -0.3 is 20.7 Å². The Labute approximate surface area is 193 Å². The van der Waals surface area contributed by atoms with Crippen LogP contribution in [0.3, 0.4) is 0 Å². The highest BCUT2D eigenvalue weighted by Gasteiger charge is 2.07. The Hall–Kier alpha value is -2.63. The second-order valence-corrected chi connectivity index (χ2v) is 6.59. The third-order valence-corrected chi connectivity index (χ3v) is 4.43. The van der Waals surface area contributed by atoms with E-state index in [0.717, 1.165) is 46.2 Å². The van der Waals surface area contributed by atoms with Crippen LogP contribution in [0.4, 0.5) is 5.82 Å². The van der Waals surface area contributed by atoms with Gasteiger partial charge in [-0.2, -0.15) is 5.10 Å². The Morgan fingerprint density at radius 1 is 1.20 bits per heavy atom. The minimum absolute atomic E-state index is 0. The first-order valence-corrected chi connectivity index (χ1v) is 9.64. The average Bonchev–Trinajstić information content (AvgIpc) is 3.11. The number of halogens is 1. The van der Waals surface area contributed by atoms with Crippen LogP contribution in [-0.4, -0.2) is 52.5 Å². The van der Waals surface area contributed by atoms with Crippen LogP contribution in [-0.2, 0) is 13.6 Å². The average molecular weight is 524 g/mol. The Balaban J connectivity index is 0.00000320. The predicted octanol–water partition coefficient (Wildman–Crippen LogP) is 2.47. The zero-order chi connectivity index (χ0) is 20.6. The largest absolute Gasteiger partial charge is 0.496 e. The van der Waals surface area contributed by atoms with E-state index in [1.807, 2.05) is 27.0 Å². The fourth-order valence-corrected chi connectivity index (χ4v) is 2.95. The molecule has 0 radical (unpaired) electrons. The van der Waals surface area contributed by atoms with Gasteiger partial charge in [0.15, 0.2) is 11.6 Å². The zero-order valence-corrected chi connectivity index (χ0v) is 20.1. The molecule has 9 nitrogen and oxygen atoms in total. The third-order valence-electron chi connectivity index (χ3n) is 4.43. The number of nitrogens with zero attached hydrogens (tertiary/aromatic N) is 5. The van der Waals surface area contributed by atoms with Crippen molar-refractivity contribution in [2.24, 2.45) is 12.0 Å². The molecule has 0 bridgehead atoms. The number of aromatic nitrogens is 4. The van der Waals surface area contributed by atoms with Gasteiger partial charge in [0.25, 0.3) is 0 Å². The first-order chi connectivity index (χ1) is 14.1. The van der Waals surface area contributed by atoms with E-state index < -0.39 is 0 Å². The molecule has 0 aliphatic carbocycles. The molecule has 0 atom stereocenters. The van der Waals surface area contributed by atoms with Crippen LogP contribution in [0.5, 0.6) is 5.75 Å². The molecule has 162 valence electrons. The van der Waals surface area contributed by atoms with E-state index >= 15 is 0 Å². The normalized spacial score (nSPS) is 11.1. The second-order valence-electron chi connectivity index (χ2n) is 6.59. The molecule has 0 unspecified atom stereocenters. The molecule has 30 heavy (non-hydrogen) atoms. The van der Waals surface area contributed by atoms with Gasteiger partial charge in [-0.3, -0.25) is 4.68 Å². The van der Waals surface area contributed by atoms with Crippen molar-refractivity contribution in [1.29, 1.82) is 0 Å². The molecule has 2 aromatic heterocycles. The van der Waals surface area contributed by atoms with Gasteiger partial charge in [-0.15, -0.1) is 24.0 Å². The summed E-state index contributed by atoms with van der Waals surface area (Å²) in [6.07, 6.45) is 3.31. The summed E-state index contributed by atoms with van der Waals surface area (Å²) < 4.78 is 7.20. The second kappa shape index (κ2) is 11.5.